The van der Waals surface area contributed by atoms with E-state index in [2.05, 4.69) is 31.9 Å². The second-order valence-corrected chi connectivity index (χ2v) is 7.24. The van der Waals surface area contributed by atoms with Gasteiger partial charge in [-0.05, 0) is 80.4 Å². The summed E-state index contributed by atoms with van der Waals surface area (Å²) in [5.41, 5.74) is 1.44. The third kappa shape index (κ3) is 5.39. The molecule has 0 fully saturated rings. The van der Waals surface area contributed by atoms with E-state index >= 15 is 0 Å². The van der Waals surface area contributed by atoms with Gasteiger partial charge < -0.3 is 18.9 Å². The van der Waals surface area contributed by atoms with Crippen molar-refractivity contribution in [3.8, 4) is 23.0 Å². The highest BCUT2D eigenvalue weighted by Gasteiger charge is 2.10. The molecular formula is C21H20Br2O5. The topological polar surface area (TPSA) is 54.0 Å². The summed E-state index contributed by atoms with van der Waals surface area (Å²) in [7, 11) is 6.29. The number of carbonyl (C=O) groups excluding carboxylic acids is 1. The van der Waals surface area contributed by atoms with Gasteiger partial charge in [0.25, 0.3) is 0 Å². The van der Waals surface area contributed by atoms with Crippen molar-refractivity contribution in [2.24, 2.45) is 0 Å². The number of benzene rings is 2. The minimum absolute atomic E-state index is 0.193. The van der Waals surface area contributed by atoms with Gasteiger partial charge in [-0.1, -0.05) is 0 Å². The van der Waals surface area contributed by atoms with Crippen LogP contribution in [-0.2, 0) is 4.79 Å². The molecule has 5 nitrogen and oxygen atoms in total. The molecule has 0 saturated carbocycles. The van der Waals surface area contributed by atoms with Crippen molar-refractivity contribution < 1.29 is 23.7 Å². The van der Waals surface area contributed by atoms with Crippen LogP contribution in [0.4, 0.5) is 0 Å². The number of ketones is 1. The van der Waals surface area contributed by atoms with Crippen molar-refractivity contribution in [3.63, 3.8) is 0 Å². The first-order chi connectivity index (χ1) is 13.4. The Labute approximate surface area is 181 Å². The highest BCUT2D eigenvalue weighted by Crippen LogP contribution is 2.35. The van der Waals surface area contributed by atoms with Crippen LogP contribution >= 0.6 is 31.9 Å². The first-order valence-corrected chi connectivity index (χ1v) is 9.75. The van der Waals surface area contributed by atoms with Gasteiger partial charge in [-0.3, -0.25) is 4.79 Å². The zero-order chi connectivity index (χ0) is 20.7. The SMILES string of the molecule is COc1cc(Br)c(OC)c(C=CC(=O)C=Cc2cc(OC)cc(Br)c2OC)c1. The number of hydrogen-bond acceptors (Lipinski definition) is 5. The Morgan fingerprint density at radius 2 is 1.11 bits per heavy atom. The molecule has 0 bridgehead atoms. The first-order valence-electron chi connectivity index (χ1n) is 8.16. The predicted octanol–water partition coefficient (Wildman–Crippen LogP) is 5.54. The standard InChI is InChI=1S/C21H20Br2O5/c1-25-16-9-13(20(27-3)18(22)11-16)5-7-15(24)8-6-14-10-17(26-2)12-19(23)21(14)28-4/h5-12H,1-4H3. The van der Waals surface area contributed by atoms with E-state index in [1.54, 1.807) is 64.9 Å². The molecule has 0 unspecified atom stereocenters. The second kappa shape index (κ2) is 10.3. The molecule has 2 aromatic carbocycles. The quantitative estimate of drug-likeness (QED) is 0.435. The third-order valence-electron chi connectivity index (χ3n) is 3.83. The first kappa shape index (κ1) is 22.0. The van der Waals surface area contributed by atoms with Crippen LogP contribution in [0.15, 0.2) is 45.4 Å². The van der Waals surface area contributed by atoms with Gasteiger partial charge in [0.15, 0.2) is 5.78 Å². The van der Waals surface area contributed by atoms with Crippen molar-refractivity contribution in [2.75, 3.05) is 28.4 Å². The number of ether oxygens (including phenoxy) is 4. The monoisotopic (exact) mass is 510 g/mol. The maximum atomic E-state index is 12.3. The zero-order valence-electron chi connectivity index (χ0n) is 15.9. The van der Waals surface area contributed by atoms with Crippen LogP contribution in [0.3, 0.4) is 0 Å². The molecule has 28 heavy (non-hydrogen) atoms. The lowest BCUT2D eigenvalue weighted by Gasteiger charge is -2.10. The van der Waals surface area contributed by atoms with Crippen LogP contribution in [0.2, 0.25) is 0 Å². The van der Waals surface area contributed by atoms with Crippen LogP contribution in [-0.4, -0.2) is 34.2 Å². The Hall–Kier alpha value is -2.25. The average Bonchev–Trinajstić information content (AvgIpc) is 2.69. The van der Waals surface area contributed by atoms with Crippen molar-refractivity contribution in [1.29, 1.82) is 0 Å². The molecule has 0 aliphatic heterocycles. The highest BCUT2D eigenvalue weighted by atomic mass is 79.9. The lowest BCUT2D eigenvalue weighted by atomic mass is 10.1. The summed E-state index contributed by atoms with van der Waals surface area (Å²) < 4.78 is 22.8. The predicted molar refractivity (Wildman–Crippen MR) is 118 cm³/mol. The van der Waals surface area contributed by atoms with Gasteiger partial charge in [0, 0.05) is 11.1 Å². The minimum atomic E-state index is -0.193. The van der Waals surface area contributed by atoms with E-state index in [0.29, 0.717) is 23.0 Å². The molecule has 0 radical (unpaired) electrons. The average molecular weight is 512 g/mol. The van der Waals surface area contributed by atoms with Crippen molar-refractivity contribution >= 4 is 49.8 Å². The van der Waals surface area contributed by atoms with Crippen LogP contribution in [0, 0.1) is 0 Å². The van der Waals surface area contributed by atoms with Crippen LogP contribution in [0.25, 0.3) is 12.2 Å². The van der Waals surface area contributed by atoms with Gasteiger partial charge in [0.1, 0.15) is 23.0 Å². The Morgan fingerprint density at radius 1 is 0.714 bits per heavy atom. The van der Waals surface area contributed by atoms with Gasteiger partial charge in [0.05, 0.1) is 37.4 Å². The van der Waals surface area contributed by atoms with Gasteiger partial charge in [-0.15, -0.1) is 0 Å². The fourth-order valence-electron chi connectivity index (χ4n) is 2.49. The summed E-state index contributed by atoms with van der Waals surface area (Å²) in [6.45, 7) is 0. The maximum absolute atomic E-state index is 12.3. The van der Waals surface area contributed by atoms with E-state index in [4.69, 9.17) is 18.9 Å². The number of halogens is 2. The van der Waals surface area contributed by atoms with Crippen molar-refractivity contribution in [1.82, 2.24) is 0 Å². The number of hydrogen-bond donors (Lipinski definition) is 0. The maximum Gasteiger partial charge on any atom is 0.178 e. The molecule has 0 aromatic heterocycles. The molecule has 0 aliphatic carbocycles. The van der Waals surface area contributed by atoms with Gasteiger partial charge in [0.2, 0.25) is 0 Å². The van der Waals surface area contributed by atoms with E-state index in [1.807, 2.05) is 0 Å². The van der Waals surface area contributed by atoms with E-state index in [1.165, 1.54) is 12.2 Å². The molecule has 0 saturated heterocycles. The van der Waals surface area contributed by atoms with Gasteiger partial charge in [-0.2, -0.15) is 0 Å². The largest absolute Gasteiger partial charge is 0.497 e. The Kier molecular flexibility index (Phi) is 8.14. The Balaban J connectivity index is 2.28. The molecule has 0 heterocycles. The molecule has 0 atom stereocenters. The molecule has 0 amide bonds. The summed E-state index contributed by atoms with van der Waals surface area (Å²) in [5.74, 6) is 2.35. The number of methoxy groups -OCH3 is 4. The highest BCUT2D eigenvalue weighted by molar-refractivity contribution is 9.11. The molecule has 0 aliphatic rings. The van der Waals surface area contributed by atoms with Crippen molar-refractivity contribution in [3.05, 3.63) is 56.5 Å². The fourth-order valence-corrected chi connectivity index (χ4v) is 3.72. The molecule has 2 rings (SSSR count). The van der Waals surface area contributed by atoms with Crippen LogP contribution in [0.5, 0.6) is 23.0 Å². The zero-order valence-corrected chi connectivity index (χ0v) is 19.1. The number of carbonyl (C=O) groups is 1. The van der Waals surface area contributed by atoms with Crippen LogP contribution < -0.4 is 18.9 Å². The Bertz CT molecular complexity index is 846. The fraction of sp³-hybridized carbons (Fsp3) is 0.190. The van der Waals surface area contributed by atoms with Gasteiger partial charge in [-0.25, -0.2) is 0 Å². The molecule has 0 N–H and O–H groups in total. The lowest BCUT2D eigenvalue weighted by Crippen LogP contribution is -1.93. The molecule has 0 spiro atoms. The number of rotatable bonds is 8. The van der Waals surface area contributed by atoms with Gasteiger partial charge >= 0.3 is 0 Å². The molecule has 148 valence electrons. The summed E-state index contributed by atoms with van der Waals surface area (Å²) in [4.78, 5) is 12.3. The molecule has 2 aromatic rings. The van der Waals surface area contributed by atoms with Crippen molar-refractivity contribution in [2.45, 2.75) is 0 Å². The minimum Gasteiger partial charge on any atom is -0.497 e. The van der Waals surface area contributed by atoms with Crippen LogP contribution in [0.1, 0.15) is 11.1 Å². The normalized spacial score (nSPS) is 11.1. The van der Waals surface area contributed by atoms with E-state index in [0.717, 1.165) is 20.1 Å². The summed E-state index contributed by atoms with van der Waals surface area (Å²) in [6.07, 6.45) is 6.28. The third-order valence-corrected chi connectivity index (χ3v) is 5.00. The van der Waals surface area contributed by atoms with E-state index in [-0.39, 0.29) is 5.78 Å². The Morgan fingerprint density at radius 3 is 1.43 bits per heavy atom. The smallest absolute Gasteiger partial charge is 0.178 e. The molecular weight excluding hydrogens is 492 g/mol. The summed E-state index contributed by atoms with van der Waals surface area (Å²) in [5, 5.41) is 0. The van der Waals surface area contributed by atoms with E-state index in [9.17, 15) is 4.79 Å². The molecule has 7 heteroatoms. The lowest BCUT2D eigenvalue weighted by molar-refractivity contribution is -0.110. The second-order valence-electron chi connectivity index (χ2n) is 5.53. The summed E-state index contributed by atoms with van der Waals surface area (Å²) in [6, 6.07) is 7.17. The summed E-state index contributed by atoms with van der Waals surface area (Å²) >= 11 is 6.87. The van der Waals surface area contributed by atoms with E-state index < -0.39 is 0 Å². The number of allylic oxidation sites excluding steroid dienone is 2.